The molecule has 0 atom stereocenters. The first-order valence-electron chi connectivity index (χ1n) is 9.72. The summed E-state index contributed by atoms with van der Waals surface area (Å²) in [4.78, 5) is 19.1. The van der Waals surface area contributed by atoms with Crippen molar-refractivity contribution in [3.8, 4) is 5.75 Å². The molecule has 0 fully saturated rings. The molecule has 1 heterocycles. The van der Waals surface area contributed by atoms with Crippen molar-refractivity contribution in [2.45, 2.75) is 73.1 Å². The lowest BCUT2D eigenvalue weighted by Crippen LogP contribution is -2.37. The van der Waals surface area contributed by atoms with Gasteiger partial charge in [-0.3, -0.25) is 4.79 Å². The van der Waals surface area contributed by atoms with Crippen LogP contribution in [0.1, 0.15) is 70.1 Å². The van der Waals surface area contributed by atoms with Gasteiger partial charge in [0, 0.05) is 17.8 Å². The van der Waals surface area contributed by atoms with Gasteiger partial charge in [-0.1, -0.05) is 45.9 Å². The SMILES string of the molecule is CC(C)CC(=O)N(Cc1csc(COc2ccccc2C(C)C)n1)C(C)C. The van der Waals surface area contributed by atoms with Crippen molar-refractivity contribution >= 4 is 17.2 Å². The number of carbonyl (C=O) groups is 1. The van der Waals surface area contributed by atoms with E-state index in [1.54, 1.807) is 11.3 Å². The zero-order valence-corrected chi connectivity index (χ0v) is 18.2. The van der Waals surface area contributed by atoms with E-state index in [1.165, 1.54) is 5.56 Å². The van der Waals surface area contributed by atoms with Gasteiger partial charge < -0.3 is 9.64 Å². The van der Waals surface area contributed by atoms with Crippen molar-refractivity contribution < 1.29 is 9.53 Å². The summed E-state index contributed by atoms with van der Waals surface area (Å²) < 4.78 is 6.02. The third-order valence-corrected chi connectivity index (χ3v) is 5.22. The van der Waals surface area contributed by atoms with Gasteiger partial charge in [0.15, 0.2) is 0 Å². The minimum absolute atomic E-state index is 0.163. The highest BCUT2D eigenvalue weighted by Crippen LogP contribution is 2.27. The highest BCUT2D eigenvalue weighted by molar-refractivity contribution is 7.09. The molecule has 0 radical (unpaired) electrons. The maximum absolute atomic E-state index is 12.5. The molecule has 0 aliphatic rings. The molecule has 2 aromatic rings. The summed E-state index contributed by atoms with van der Waals surface area (Å²) in [7, 11) is 0. The van der Waals surface area contributed by atoms with Crippen molar-refractivity contribution in [1.29, 1.82) is 0 Å². The van der Waals surface area contributed by atoms with Crippen LogP contribution in [0.4, 0.5) is 0 Å². The highest BCUT2D eigenvalue weighted by Gasteiger charge is 2.19. The molecule has 0 aliphatic heterocycles. The number of nitrogens with zero attached hydrogens (tertiary/aromatic N) is 2. The molecule has 0 N–H and O–H groups in total. The molecule has 1 aromatic heterocycles. The predicted molar refractivity (Wildman–Crippen MR) is 112 cm³/mol. The molecule has 1 aromatic carbocycles. The molecule has 27 heavy (non-hydrogen) atoms. The molecule has 2 rings (SSSR count). The van der Waals surface area contributed by atoms with Gasteiger partial charge in [-0.15, -0.1) is 11.3 Å². The largest absolute Gasteiger partial charge is 0.486 e. The van der Waals surface area contributed by atoms with E-state index in [9.17, 15) is 4.79 Å². The first-order chi connectivity index (χ1) is 12.8. The Morgan fingerprint density at radius 1 is 1.15 bits per heavy atom. The minimum atomic E-state index is 0.163. The molecule has 148 valence electrons. The third-order valence-electron chi connectivity index (χ3n) is 4.35. The molecule has 0 saturated carbocycles. The Morgan fingerprint density at radius 3 is 2.48 bits per heavy atom. The van der Waals surface area contributed by atoms with Crippen molar-refractivity contribution in [3.05, 3.63) is 45.9 Å². The Kier molecular flexibility index (Phi) is 7.84. The lowest BCUT2D eigenvalue weighted by molar-refractivity contribution is -0.134. The maximum Gasteiger partial charge on any atom is 0.223 e. The Labute approximate surface area is 167 Å². The highest BCUT2D eigenvalue weighted by atomic mass is 32.1. The van der Waals surface area contributed by atoms with E-state index in [4.69, 9.17) is 4.74 Å². The van der Waals surface area contributed by atoms with Gasteiger partial charge in [0.05, 0.1) is 12.2 Å². The van der Waals surface area contributed by atoms with Gasteiger partial charge in [0.25, 0.3) is 0 Å². The van der Waals surface area contributed by atoms with E-state index in [2.05, 4.69) is 52.6 Å². The van der Waals surface area contributed by atoms with Crippen LogP contribution in [0.3, 0.4) is 0 Å². The molecule has 0 saturated heterocycles. The maximum atomic E-state index is 12.5. The molecule has 0 spiro atoms. The van der Waals surface area contributed by atoms with E-state index in [1.807, 2.05) is 28.5 Å². The lowest BCUT2D eigenvalue weighted by atomic mass is 10.0. The Bertz CT molecular complexity index is 737. The molecule has 1 amide bonds. The quantitative estimate of drug-likeness (QED) is 0.559. The van der Waals surface area contributed by atoms with Crippen LogP contribution in [0.5, 0.6) is 5.75 Å². The van der Waals surface area contributed by atoms with Crippen LogP contribution in [0.25, 0.3) is 0 Å². The molecule has 4 nitrogen and oxygen atoms in total. The number of rotatable bonds is 9. The normalized spacial score (nSPS) is 11.4. The number of aromatic nitrogens is 1. The molecule has 5 heteroatoms. The topological polar surface area (TPSA) is 42.4 Å². The summed E-state index contributed by atoms with van der Waals surface area (Å²) in [6.07, 6.45) is 0.574. The van der Waals surface area contributed by atoms with Gasteiger partial charge in [-0.2, -0.15) is 0 Å². The minimum Gasteiger partial charge on any atom is -0.486 e. The van der Waals surface area contributed by atoms with E-state index in [0.29, 0.717) is 31.4 Å². The summed E-state index contributed by atoms with van der Waals surface area (Å²) in [5.74, 6) is 1.88. The van der Waals surface area contributed by atoms with Crippen LogP contribution in [-0.4, -0.2) is 21.8 Å². The number of benzene rings is 1. The Hall–Kier alpha value is -1.88. The number of hydrogen-bond acceptors (Lipinski definition) is 4. The van der Waals surface area contributed by atoms with Crippen LogP contribution in [0.15, 0.2) is 29.6 Å². The second kappa shape index (κ2) is 9.88. The number of carbonyl (C=O) groups excluding carboxylic acids is 1. The van der Waals surface area contributed by atoms with Crippen LogP contribution in [-0.2, 0) is 17.9 Å². The summed E-state index contributed by atoms with van der Waals surface area (Å²) >= 11 is 1.59. The van der Waals surface area contributed by atoms with Crippen molar-refractivity contribution in [3.63, 3.8) is 0 Å². The van der Waals surface area contributed by atoms with Crippen LogP contribution >= 0.6 is 11.3 Å². The standard InChI is InChI=1S/C22H32N2O2S/c1-15(2)11-22(25)24(17(5)6)12-18-14-27-21(23-18)13-26-20-10-8-7-9-19(20)16(3)4/h7-10,14-17H,11-13H2,1-6H3. The number of amides is 1. The summed E-state index contributed by atoms with van der Waals surface area (Å²) in [5.41, 5.74) is 2.14. The molecule has 0 aliphatic carbocycles. The number of ether oxygens (including phenoxy) is 1. The Morgan fingerprint density at radius 2 is 1.85 bits per heavy atom. The van der Waals surface area contributed by atoms with Crippen LogP contribution in [0, 0.1) is 5.92 Å². The van der Waals surface area contributed by atoms with Crippen LogP contribution in [0.2, 0.25) is 0 Å². The average molecular weight is 389 g/mol. The van der Waals surface area contributed by atoms with Gasteiger partial charge >= 0.3 is 0 Å². The molecule has 0 unspecified atom stereocenters. The monoisotopic (exact) mass is 388 g/mol. The van der Waals surface area contributed by atoms with Crippen molar-refractivity contribution in [1.82, 2.24) is 9.88 Å². The van der Waals surface area contributed by atoms with Crippen LogP contribution < -0.4 is 4.74 Å². The fraction of sp³-hybridized carbons (Fsp3) is 0.545. The smallest absolute Gasteiger partial charge is 0.223 e. The predicted octanol–water partition coefficient (Wildman–Crippen LogP) is 5.63. The summed E-state index contributed by atoms with van der Waals surface area (Å²) in [5, 5.41) is 2.97. The molecular weight excluding hydrogens is 356 g/mol. The summed E-state index contributed by atoms with van der Waals surface area (Å²) in [6.45, 7) is 13.6. The number of hydrogen-bond donors (Lipinski definition) is 0. The number of thiazole rings is 1. The second-order valence-electron chi connectivity index (χ2n) is 7.93. The zero-order valence-electron chi connectivity index (χ0n) is 17.4. The fourth-order valence-electron chi connectivity index (χ4n) is 2.92. The third kappa shape index (κ3) is 6.35. The lowest BCUT2D eigenvalue weighted by Gasteiger charge is -2.26. The van der Waals surface area contributed by atoms with Gasteiger partial charge in [0.2, 0.25) is 5.91 Å². The number of para-hydroxylation sites is 1. The Balaban J connectivity index is 2.01. The molecular formula is C22H32N2O2S. The molecule has 0 bridgehead atoms. The first kappa shape index (κ1) is 21.4. The van der Waals surface area contributed by atoms with Crippen molar-refractivity contribution in [2.24, 2.45) is 5.92 Å². The van der Waals surface area contributed by atoms with Crippen molar-refractivity contribution in [2.75, 3.05) is 0 Å². The first-order valence-corrected chi connectivity index (χ1v) is 10.6. The van der Waals surface area contributed by atoms with E-state index in [-0.39, 0.29) is 11.9 Å². The summed E-state index contributed by atoms with van der Waals surface area (Å²) in [6, 6.07) is 8.31. The van der Waals surface area contributed by atoms with Gasteiger partial charge in [-0.05, 0) is 37.3 Å². The second-order valence-corrected chi connectivity index (χ2v) is 8.87. The van der Waals surface area contributed by atoms with Gasteiger partial charge in [0.1, 0.15) is 17.4 Å². The van der Waals surface area contributed by atoms with E-state index in [0.717, 1.165) is 16.5 Å². The van der Waals surface area contributed by atoms with E-state index < -0.39 is 0 Å². The average Bonchev–Trinajstić information content (AvgIpc) is 3.04. The van der Waals surface area contributed by atoms with Gasteiger partial charge in [-0.25, -0.2) is 4.98 Å². The van der Waals surface area contributed by atoms with E-state index >= 15 is 0 Å². The zero-order chi connectivity index (χ0) is 20.0. The fourth-order valence-corrected chi connectivity index (χ4v) is 3.61.